The second-order valence-corrected chi connectivity index (χ2v) is 5.22. The Bertz CT molecular complexity index is 260. The van der Waals surface area contributed by atoms with Crippen molar-refractivity contribution in [2.24, 2.45) is 0 Å². The van der Waals surface area contributed by atoms with Crippen molar-refractivity contribution in [3.05, 3.63) is 0 Å². The van der Waals surface area contributed by atoms with Gasteiger partial charge in [0.05, 0.1) is 7.11 Å². The van der Waals surface area contributed by atoms with Gasteiger partial charge in [0.15, 0.2) is 5.60 Å². The van der Waals surface area contributed by atoms with Gasteiger partial charge in [-0.25, -0.2) is 4.79 Å². The molecule has 0 amide bonds. The maximum Gasteiger partial charge on any atom is 0.338 e. The molecule has 1 aliphatic rings. The predicted octanol–water partition coefficient (Wildman–Crippen LogP) is -0.0636. The molecule has 1 aliphatic heterocycles. The second-order valence-electron chi connectivity index (χ2n) is 5.22. The highest BCUT2D eigenvalue weighted by molar-refractivity contribution is 5.78. The van der Waals surface area contributed by atoms with Crippen molar-refractivity contribution >= 4 is 5.97 Å². The molecule has 0 bridgehead atoms. The lowest BCUT2D eigenvalue weighted by molar-refractivity contribution is -0.162. The quantitative estimate of drug-likeness (QED) is 0.702. The van der Waals surface area contributed by atoms with Gasteiger partial charge in [0.25, 0.3) is 0 Å². The van der Waals surface area contributed by atoms with E-state index in [0.29, 0.717) is 12.6 Å². The van der Waals surface area contributed by atoms with Crippen LogP contribution in [0, 0.1) is 0 Å². The Morgan fingerprint density at radius 3 is 2.53 bits per heavy atom. The van der Waals surface area contributed by atoms with Crippen LogP contribution in [0.15, 0.2) is 0 Å². The number of nitrogens with zero attached hydrogens (tertiary/aromatic N) is 2. The standard InChI is InChI=1S/C12H24N2O3/c1-12(16,11(15)17-4)9-14(3)10-5-7-13(2)8-6-10/h10,16H,5-9H2,1-4H3. The number of rotatable bonds is 4. The van der Waals surface area contributed by atoms with E-state index in [2.05, 4.69) is 21.6 Å². The molecule has 0 radical (unpaired) electrons. The third-order valence-electron chi connectivity index (χ3n) is 3.49. The normalized spacial score (nSPS) is 22.5. The number of likely N-dealkylation sites (tertiary alicyclic amines) is 1. The van der Waals surface area contributed by atoms with E-state index in [-0.39, 0.29) is 0 Å². The summed E-state index contributed by atoms with van der Waals surface area (Å²) in [5.41, 5.74) is -1.42. The molecule has 1 atom stereocenters. The molecule has 1 fully saturated rings. The Morgan fingerprint density at radius 1 is 1.53 bits per heavy atom. The van der Waals surface area contributed by atoms with Gasteiger partial charge in [-0.2, -0.15) is 0 Å². The van der Waals surface area contributed by atoms with E-state index >= 15 is 0 Å². The van der Waals surface area contributed by atoms with Crippen LogP contribution in [0.5, 0.6) is 0 Å². The van der Waals surface area contributed by atoms with Crippen molar-refractivity contribution in [1.29, 1.82) is 0 Å². The first-order valence-electron chi connectivity index (χ1n) is 6.06. The minimum atomic E-state index is -1.42. The van der Waals surface area contributed by atoms with Gasteiger partial charge in [-0.1, -0.05) is 0 Å². The zero-order valence-corrected chi connectivity index (χ0v) is 11.3. The van der Waals surface area contributed by atoms with Crippen molar-refractivity contribution < 1.29 is 14.6 Å². The molecule has 0 aromatic carbocycles. The lowest BCUT2D eigenvalue weighted by Gasteiger charge is -2.37. The highest BCUT2D eigenvalue weighted by atomic mass is 16.5. The number of ether oxygens (including phenoxy) is 1. The van der Waals surface area contributed by atoms with Crippen LogP contribution in [-0.4, -0.2) is 73.4 Å². The number of aliphatic hydroxyl groups is 1. The molecule has 0 aliphatic carbocycles. The van der Waals surface area contributed by atoms with E-state index in [1.165, 1.54) is 14.0 Å². The van der Waals surface area contributed by atoms with Crippen LogP contribution in [-0.2, 0) is 9.53 Å². The molecule has 1 heterocycles. The molecule has 1 N–H and O–H groups in total. The zero-order chi connectivity index (χ0) is 13.1. The third-order valence-corrected chi connectivity index (χ3v) is 3.49. The summed E-state index contributed by atoms with van der Waals surface area (Å²) in [6, 6.07) is 0.433. The number of piperidine rings is 1. The average molecular weight is 244 g/mol. The number of likely N-dealkylation sites (N-methyl/N-ethyl adjacent to an activating group) is 1. The van der Waals surface area contributed by atoms with Crippen LogP contribution in [0.3, 0.4) is 0 Å². The Hall–Kier alpha value is -0.650. The maximum atomic E-state index is 11.4. The van der Waals surface area contributed by atoms with E-state index < -0.39 is 11.6 Å². The smallest absolute Gasteiger partial charge is 0.338 e. The fourth-order valence-electron chi connectivity index (χ4n) is 2.33. The minimum Gasteiger partial charge on any atom is -0.467 e. The van der Waals surface area contributed by atoms with Gasteiger partial charge in [0.2, 0.25) is 0 Å². The van der Waals surface area contributed by atoms with E-state index in [1.54, 1.807) is 0 Å². The molecule has 1 saturated heterocycles. The van der Waals surface area contributed by atoms with Crippen molar-refractivity contribution in [3.8, 4) is 0 Å². The second kappa shape index (κ2) is 5.80. The van der Waals surface area contributed by atoms with Crippen LogP contribution in [0.1, 0.15) is 19.8 Å². The number of hydrogen-bond donors (Lipinski definition) is 1. The fourth-order valence-corrected chi connectivity index (χ4v) is 2.33. The summed E-state index contributed by atoms with van der Waals surface area (Å²) >= 11 is 0. The molecule has 17 heavy (non-hydrogen) atoms. The molecule has 0 aromatic rings. The van der Waals surface area contributed by atoms with Gasteiger partial charge < -0.3 is 14.7 Å². The molecule has 100 valence electrons. The molecule has 5 nitrogen and oxygen atoms in total. The first kappa shape index (κ1) is 14.4. The molecule has 0 saturated carbocycles. The Morgan fingerprint density at radius 2 is 2.06 bits per heavy atom. The molecule has 0 spiro atoms. The van der Waals surface area contributed by atoms with E-state index in [1.807, 2.05) is 7.05 Å². The summed E-state index contributed by atoms with van der Waals surface area (Å²) in [4.78, 5) is 15.8. The van der Waals surface area contributed by atoms with Crippen LogP contribution >= 0.6 is 0 Å². The van der Waals surface area contributed by atoms with E-state index in [9.17, 15) is 9.90 Å². The molecule has 1 unspecified atom stereocenters. The molecule has 0 aromatic heterocycles. The van der Waals surface area contributed by atoms with Gasteiger partial charge in [0, 0.05) is 12.6 Å². The van der Waals surface area contributed by atoms with Crippen molar-refractivity contribution in [3.63, 3.8) is 0 Å². The fraction of sp³-hybridized carbons (Fsp3) is 0.917. The number of hydrogen-bond acceptors (Lipinski definition) is 5. The van der Waals surface area contributed by atoms with Crippen molar-refractivity contribution in [2.45, 2.75) is 31.4 Å². The van der Waals surface area contributed by atoms with Crippen LogP contribution in [0.4, 0.5) is 0 Å². The molecular weight excluding hydrogens is 220 g/mol. The van der Waals surface area contributed by atoms with Gasteiger partial charge in [0.1, 0.15) is 0 Å². The monoisotopic (exact) mass is 244 g/mol. The van der Waals surface area contributed by atoms with Crippen LogP contribution in [0.2, 0.25) is 0 Å². The molecule has 5 heteroatoms. The largest absolute Gasteiger partial charge is 0.467 e. The summed E-state index contributed by atoms with van der Waals surface area (Å²) in [6.45, 7) is 3.95. The van der Waals surface area contributed by atoms with Crippen molar-refractivity contribution in [2.75, 3.05) is 40.8 Å². The van der Waals surface area contributed by atoms with Gasteiger partial charge in [-0.3, -0.25) is 4.90 Å². The minimum absolute atomic E-state index is 0.314. The van der Waals surface area contributed by atoms with Crippen LogP contribution < -0.4 is 0 Å². The highest BCUT2D eigenvalue weighted by Gasteiger charge is 2.35. The maximum absolute atomic E-state index is 11.4. The number of esters is 1. The molecular formula is C12H24N2O3. The summed E-state index contributed by atoms with van der Waals surface area (Å²) in [7, 11) is 5.36. The molecule has 1 rings (SSSR count). The number of methoxy groups -OCH3 is 1. The Labute approximate surface area is 103 Å². The van der Waals surface area contributed by atoms with Gasteiger partial charge >= 0.3 is 5.97 Å². The van der Waals surface area contributed by atoms with Gasteiger partial charge in [-0.15, -0.1) is 0 Å². The summed E-state index contributed by atoms with van der Waals surface area (Å²) in [6.07, 6.45) is 2.15. The van der Waals surface area contributed by atoms with E-state index in [0.717, 1.165) is 25.9 Å². The summed E-state index contributed by atoms with van der Waals surface area (Å²) in [5.74, 6) is -0.572. The Kier molecular flexibility index (Phi) is 4.91. The van der Waals surface area contributed by atoms with E-state index in [4.69, 9.17) is 0 Å². The van der Waals surface area contributed by atoms with Crippen molar-refractivity contribution in [1.82, 2.24) is 9.80 Å². The summed E-state index contributed by atoms with van der Waals surface area (Å²) < 4.78 is 4.60. The number of carbonyl (C=O) groups excluding carboxylic acids is 1. The number of carbonyl (C=O) groups is 1. The SMILES string of the molecule is COC(=O)C(C)(O)CN(C)C1CCN(C)CC1. The van der Waals surface area contributed by atoms with Crippen LogP contribution in [0.25, 0.3) is 0 Å². The highest BCUT2D eigenvalue weighted by Crippen LogP contribution is 2.17. The lowest BCUT2D eigenvalue weighted by atomic mass is 10.0. The first-order valence-corrected chi connectivity index (χ1v) is 6.06. The first-order chi connectivity index (χ1) is 7.86. The lowest BCUT2D eigenvalue weighted by Crippen LogP contribution is -2.51. The Balaban J connectivity index is 2.48. The average Bonchev–Trinajstić information content (AvgIpc) is 2.28. The third kappa shape index (κ3) is 3.94. The summed E-state index contributed by atoms with van der Waals surface area (Å²) in [5, 5.41) is 10.0. The topological polar surface area (TPSA) is 53.0 Å². The predicted molar refractivity (Wildman–Crippen MR) is 65.8 cm³/mol. The van der Waals surface area contributed by atoms with Gasteiger partial charge in [-0.05, 0) is 47.0 Å². The zero-order valence-electron chi connectivity index (χ0n) is 11.3.